The number of rotatable bonds is 4. The van der Waals surface area contributed by atoms with E-state index in [1.54, 1.807) is 0 Å². The van der Waals surface area contributed by atoms with E-state index in [-0.39, 0.29) is 5.91 Å². The Morgan fingerprint density at radius 3 is 2.83 bits per heavy atom. The van der Waals surface area contributed by atoms with Gasteiger partial charge in [-0.2, -0.15) is 10.2 Å². The maximum Gasteiger partial charge on any atom is 0.257 e. The molecule has 0 radical (unpaired) electrons. The van der Waals surface area contributed by atoms with E-state index >= 15 is 0 Å². The van der Waals surface area contributed by atoms with Gasteiger partial charge in [0.15, 0.2) is 0 Å². The molecule has 124 valence electrons. The van der Waals surface area contributed by atoms with Crippen molar-refractivity contribution in [2.75, 3.05) is 13.1 Å². The van der Waals surface area contributed by atoms with E-state index in [1.165, 1.54) is 5.56 Å². The van der Waals surface area contributed by atoms with Crippen LogP contribution in [0.3, 0.4) is 0 Å². The van der Waals surface area contributed by atoms with Crippen molar-refractivity contribution >= 4 is 5.91 Å². The van der Waals surface area contributed by atoms with Gasteiger partial charge in [0.05, 0.1) is 17.5 Å². The first kappa shape index (κ1) is 15.8. The Bertz CT molecular complexity index is 715. The van der Waals surface area contributed by atoms with Crippen LogP contribution in [0.2, 0.25) is 0 Å². The van der Waals surface area contributed by atoms with Crippen molar-refractivity contribution in [3.8, 4) is 0 Å². The number of amides is 1. The Morgan fingerprint density at radius 1 is 1.39 bits per heavy atom. The monoisotopic (exact) mass is 315 g/mol. The predicted molar refractivity (Wildman–Crippen MR) is 88.6 cm³/mol. The van der Waals surface area contributed by atoms with Crippen LogP contribution in [0.4, 0.5) is 0 Å². The largest absolute Gasteiger partial charge is 0.338 e. The molecule has 3 heterocycles. The second-order valence-corrected chi connectivity index (χ2v) is 6.47. The maximum atomic E-state index is 13.0. The molecule has 0 unspecified atom stereocenters. The average molecular weight is 315 g/mol. The molecule has 0 bridgehead atoms. The zero-order valence-electron chi connectivity index (χ0n) is 14.4. The van der Waals surface area contributed by atoms with Crippen LogP contribution in [0.1, 0.15) is 58.7 Å². The van der Waals surface area contributed by atoms with Crippen molar-refractivity contribution in [2.24, 2.45) is 0 Å². The number of carbonyl (C=O) groups excluding carboxylic acids is 1. The number of carbonyl (C=O) groups is 1. The molecule has 1 fully saturated rings. The van der Waals surface area contributed by atoms with E-state index in [2.05, 4.69) is 29.1 Å². The first-order valence-corrected chi connectivity index (χ1v) is 8.36. The zero-order chi connectivity index (χ0) is 16.6. The lowest BCUT2D eigenvalue weighted by Gasteiger charge is -2.17. The number of nitrogens with one attached hydrogen (secondary N) is 1. The molecule has 0 spiro atoms. The van der Waals surface area contributed by atoms with Crippen LogP contribution >= 0.6 is 0 Å². The fraction of sp³-hybridized carbons (Fsp3) is 0.588. The van der Waals surface area contributed by atoms with Crippen molar-refractivity contribution in [3.63, 3.8) is 0 Å². The third kappa shape index (κ3) is 2.78. The molecule has 3 rings (SSSR count). The first-order chi connectivity index (χ1) is 11.0. The summed E-state index contributed by atoms with van der Waals surface area (Å²) in [5, 5.41) is 11.7. The van der Waals surface area contributed by atoms with Crippen molar-refractivity contribution in [2.45, 2.75) is 53.0 Å². The highest BCUT2D eigenvalue weighted by Crippen LogP contribution is 2.29. The second-order valence-electron chi connectivity index (χ2n) is 6.47. The van der Waals surface area contributed by atoms with Crippen LogP contribution in [0.5, 0.6) is 0 Å². The third-order valence-corrected chi connectivity index (χ3v) is 4.78. The smallest absolute Gasteiger partial charge is 0.257 e. The molecule has 1 N–H and O–H groups in total. The van der Waals surface area contributed by atoms with Gasteiger partial charge in [0.2, 0.25) is 0 Å². The van der Waals surface area contributed by atoms with Gasteiger partial charge in [0.25, 0.3) is 5.91 Å². The number of H-pyrrole nitrogens is 1. The topological polar surface area (TPSA) is 66.8 Å². The minimum absolute atomic E-state index is 0.113. The zero-order valence-corrected chi connectivity index (χ0v) is 14.4. The molecular formula is C17H25N5O. The maximum absolute atomic E-state index is 13.0. The van der Waals surface area contributed by atoms with Crippen LogP contribution in [-0.2, 0) is 6.54 Å². The molecule has 2 aromatic heterocycles. The van der Waals surface area contributed by atoms with Gasteiger partial charge in [-0.15, -0.1) is 0 Å². The van der Waals surface area contributed by atoms with Crippen LogP contribution in [0.15, 0.2) is 6.20 Å². The van der Waals surface area contributed by atoms with Crippen molar-refractivity contribution < 1.29 is 4.79 Å². The van der Waals surface area contributed by atoms with Gasteiger partial charge in [-0.1, -0.05) is 6.92 Å². The quantitative estimate of drug-likeness (QED) is 0.943. The Morgan fingerprint density at radius 2 is 2.17 bits per heavy atom. The van der Waals surface area contributed by atoms with E-state index in [4.69, 9.17) is 0 Å². The fourth-order valence-corrected chi connectivity index (χ4v) is 3.54. The molecule has 2 aromatic rings. The standard InChI is InChI=1S/C17H25N5O/c1-5-7-22-13(4)15(12(3)20-22)17(23)21-8-6-14(10-21)16-11(2)9-18-19-16/h9,14H,5-8,10H2,1-4H3,(H,18,19)/t14-/m1/s1. The number of nitrogens with zero attached hydrogens (tertiary/aromatic N) is 4. The minimum Gasteiger partial charge on any atom is -0.338 e. The summed E-state index contributed by atoms with van der Waals surface area (Å²) in [7, 11) is 0. The van der Waals surface area contributed by atoms with Gasteiger partial charge in [-0.25, -0.2) is 0 Å². The third-order valence-electron chi connectivity index (χ3n) is 4.78. The van der Waals surface area contributed by atoms with Gasteiger partial charge >= 0.3 is 0 Å². The summed E-state index contributed by atoms with van der Waals surface area (Å²) in [6.45, 7) is 10.5. The summed E-state index contributed by atoms with van der Waals surface area (Å²) in [6, 6.07) is 0. The molecule has 1 amide bonds. The number of hydrogen-bond acceptors (Lipinski definition) is 3. The Labute approximate surface area is 136 Å². The molecular weight excluding hydrogens is 290 g/mol. The van der Waals surface area contributed by atoms with Crippen LogP contribution in [0, 0.1) is 20.8 Å². The Kier molecular flexibility index (Phi) is 4.24. The number of hydrogen-bond donors (Lipinski definition) is 1. The van der Waals surface area contributed by atoms with Crippen molar-refractivity contribution in [1.82, 2.24) is 24.9 Å². The van der Waals surface area contributed by atoms with Gasteiger partial charge in [0, 0.05) is 36.9 Å². The van der Waals surface area contributed by atoms with E-state index in [1.807, 2.05) is 29.6 Å². The van der Waals surface area contributed by atoms with Crippen LogP contribution in [-0.4, -0.2) is 43.9 Å². The Balaban J connectivity index is 1.79. The lowest BCUT2D eigenvalue weighted by atomic mass is 10.0. The molecule has 6 nitrogen and oxygen atoms in total. The van der Waals surface area contributed by atoms with Gasteiger partial charge in [-0.05, 0) is 39.2 Å². The lowest BCUT2D eigenvalue weighted by Crippen LogP contribution is -2.29. The van der Waals surface area contributed by atoms with Crippen molar-refractivity contribution in [3.05, 3.63) is 34.4 Å². The number of likely N-dealkylation sites (tertiary alicyclic amines) is 1. The summed E-state index contributed by atoms with van der Waals surface area (Å²) in [6.07, 6.45) is 3.85. The highest BCUT2D eigenvalue weighted by molar-refractivity contribution is 5.96. The summed E-state index contributed by atoms with van der Waals surface area (Å²) in [5.41, 5.74) is 4.93. The SMILES string of the molecule is CCCn1nc(C)c(C(=O)N2CC[C@@H](c3[nH]ncc3C)C2)c1C. The van der Waals surface area contributed by atoms with Gasteiger partial charge in [-0.3, -0.25) is 14.6 Å². The molecule has 1 saturated heterocycles. The molecule has 23 heavy (non-hydrogen) atoms. The predicted octanol–water partition coefficient (Wildman–Crippen LogP) is 2.57. The summed E-state index contributed by atoms with van der Waals surface area (Å²) in [5.74, 6) is 0.467. The Hall–Kier alpha value is -2.11. The molecule has 0 aliphatic carbocycles. The molecule has 1 aliphatic heterocycles. The van der Waals surface area contributed by atoms with Gasteiger partial charge in [0.1, 0.15) is 0 Å². The second kappa shape index (κ2) is 6.18. The number of aromatic nitrogens is 4. The summed E-state index contributed by atoms with van der Waals surface area (Å²) < 4.78 is 1.95. The average Bonchev–Trinajstić information content (AvgIpc) is 3.20. The first-order valence-electron chi connectivity index (χ1n) is 8.36. The van der Waals surface area contributed by atoms with Crippen molar-refractivity contribution in [1.29, 1.82) is 0 Å². The highest BCUT2D eigenvalue weighted by atomic mass is 16.2. The molecule has 6 heteroatoms. The van der Waals surface area contributed by atoms with Crippen LogP contribution in [0.25, 0.3) is 0 Å². The fourth-order valence-electron chi connectivity index (χ4n) is 3.54. The molecule has 1 atom stereocenters. The van der Waals surface area contributed by atoms with E-state index in [9.17, 15) is 4.79 Å². The normalized spacial score (nSPS) is 17.9. The van der Waals surface area contributed by atoms with E-state index in [0.717, 1.165) is 55.1 Å². The molecule has 0 aromatic carbocycles. The molecule has 0 saturated carbocycles. The highest BCUT2D eigenvalue weighted by Gasteiger charge is 2.32. The van der Waals surface area contributed by atoms with Crippen LogP contribution < -0.4 is 0 Å². The minimum atomic E-state index is 0.113. The van der Waals surface area contributed by atoms with E-state index in [0.29, 0.717) is 5.92 Å². The summed E-state index contributed by atoms with van der Waals surface area (Å²) in [4.78, 5) is 14.9. The summed E-state index contributed by atoms with van der Waals surface area (Å²) >= 11 is 0. The number of aromatic amines is 1. The molecule has 1 aliphatic rings. The number of aryl methyl sites for hydroxylation is 3. The van der Waals surface area contributed by atoms with Gasteiger partial charge < -0.3 is 4.90 Å². The van der Waals surface area contributed by atoms with E-state index < -0.39 is 0 Å². The lowest BCUT2D eigenvalue weighted by molar-refractivity contribution is 0.0789.